The molecule has 5 nitrogen and oxygen atoms in total. The molecule has 3 saturated heterocycles. The number of likely N-dealkylation sites (tertiary alicyclic amines) is 1. The SMILES string of the molecule is CN=C(NCc1ccc2cc(OC)ccc2c1)N1CC2C3CCC(O3)C2C1. The normalized spacial score (nSPS) is 29.4. The van der Waals surface area contributed by atoms with Crippen molar-refractivity contribution < 1.29 is 9.47 Å². The molecule has 0 spiro atoms. The monoisotopic (exact) mass is 365 g/mol. The lowest BCUT2D eigenvalue weighted by molar-refractivity contribution is 0.0767. The third-order valence-corrected chi connectivity index (χ3v) is 6.53. The van der Waals surface area contributed by atoms with Crippen LogP contribution in [0.3, 0.4) is 0 Å². The smallest absolute Gasteiger partial charge is 0.193 e. The van der Waals surface area contributed by atoms with E-state index in [4.69, 9.17) is 9.47 Å². The largest absolute Gasteiger partial charge is 0.497 e. The molecular weight excluding hydrogens is 338 g/mol. The molecule has 0 saturated carbocycles. The minimum atomic E-state index is 0.487. The van der Waals surface area contributed by atoms with Crippen LogP contribution in [-0.2, 0) is 11.3 Å². The summed E-state index contributed by atoms with van der Waals surface area (Å²) in [6.45, 7) is 2.93. The van der Waals surface area contributed by atoms with Crippen LogP contribution in [0.1, 0.15) is 18.4 Å². The van der Waals surface area contributed by atoms with Crippen molar-refractivity contribution in [3.05, 3.63) is 42.0 Å². The molecule has 4 atom stereocenters. The summed E-state index contributed by atoms with van der Waals surface area (Å²) >= 11 is 0. The number of rotatable bonds is 3. The van der Waals surface area contributed by atoms with E-state index in [1.165, 1.54) is 29.2 Å². The third-order valence-electron chi connectivity index (χ3n) is 6.53. The fraction of sp³-hybridized carbons (Fsp3) is 0.500. The molecule has 2 bridgehead atoms. The Hall–Kier alpha value is -2.27. The maximum Gasteiger partial charge on any atom is 0.193 e. The molecule has 5 heteroatoms. The number of guanidine groups is 1. The van der Waals surface area contributed by atoms with E-state index in [0.29, 0.717) is 24.0 Å². The van der Waals surface area contributed by atoms with Crippen LogP contribution in [0.5, 0.6) is 5.75 Å². The molecule has 0 radical (unpaired) electrons. The van der Waals surface area contributed by atoms with Crippen LogP contribution in [-0.4, -0.2) is 50.3 Å². The lowest BCUT2D eigenvalue weighted by Gasteiger charge is -2.23. The van der Waals surface area contributed by atoms with Crippen LogP contribution in [0.15, 0.2) is 41.4 Å². The van der Waals surface area contributed by atoms with Crippen molar-refractivity contribution in [3.63, 3.8) is 0 Å². The molecule has 2 aromatic rings. The zero-order valence-corrected chi connectivity index (χ0v) is 16.0. The first kappa shape index (κ1) is 16.9. The van der Waals surface area contributed by atoms with Crippen LogP contribution in [0.4, 0.5) is 0 Å². The van der Waals surface area contributed by atoms with Crippen molar-refractivity contribution in [3.8, 4) is 5.75 Å². The Kier molecular flexibility index (Phi) is 4.20. The summed E-state index contributed by atoms with van der Waals surface area (Å²) in [5.41, 5.74) is 1.26. The topological polar surface area (TPSA) is 46.1 Å². The fourth-order valence-electron chi connectivity index (χ4n) is 5.16. The molecule has 27 heavy (non-hydrogen) atoms. The molecule has 0 aliphatic carbocycles. The van der Waals surface area contributed by atoms with Gasteiger partial charge in [0.05, 0.1) is 19.3 Å². The summed E-state index contributed by atoms with van der Waals surface area (Å²) < 4.78 is 11.4. The zero-order chi connectivity index (χ0) is 18.4. The predicted octanol–water partition coefficient (Wildman–Crippen LogP) is 3.03. The maximum atomic E-state index is 6.09. The van der Waals surface area contributed by atoms with Gasteiger partial charge in [0.2, 0.25) is 0 Å². The van der Waals surface area contributed by atoms with E-state index in [0.717, 1.165) is 31.3 Å². The molecule has 3 aliphatic heterocycles. The average molecular weight is 365 g/mol. The van der Waals surface area contributed by atoms with Gasteiger partial charge in [-0.3, -0.25) is 4.99 Å². The number of aliphatic imine (C=N–C) groups is 1. The highest BCUT2D eigenvalue weighted by Crippen LogP contribution is 2.47. The van der Waals surface area contributed by atoms with Crippen molar-refractivity contribution in [2.45, 2.75) is 31.6 Å². The molecule has 2 aromatic carbocycles. The third kappa shape index (κ3) is 2.94. The number of fused-ring (bicyclic) bond motifs is 6. The molecule has 142 valence electrons. The molecule has 3 fully saturated rings. The summed E-state index contributed by atoms with van der Waals surface area (Å²) in [6.07, 6.45) is 3.46. The highest BCUT2D eigenvalue weighted by Gasteiger charge is 2.53. The van der Waals surface area contributed by atoms with E-state index < -0.39 is 0 Å². The van der Waals surface area contributed by atoms with Gasteiger partial charge >= 0.3 is 0 Å². The number of nitrogens with one attached hydrogen (secondary N) is 1. The van der Waals surface area contributed by atoms with Crippen molar-refractivity contribution >= 4 is 16.7 Å². The Labute approximate surface area is 160 Å². The van der Waals surface area contributed by atoms with Gasteiger partial charge in [0.1, 0.15) is 5.75 Å². The molecule has 3 heterocycles. The molecular formula is C22H27N3O2. The van der Waals surface area contributed by atoms with Gasteiger partial charge < -0.3 is 19.7 Å². The van der Waals surface area contributed by atoms with E-state index in [-0.39, 0.29) is 0 Å². The van der Waals surface area contributed by atoms with Gasteiger partial charge in [0, 0.05) is 38.5 Å². The highest BCUT2D eigenvalue weighted by molar-refractivity contribution is 5.85. The molecule has 0 amide bonds. The van der Waals surface area contributed by atoms with Crippen molar-refractivity contribution in [2.75, 3.05) is 27.2 Å². The minimum absolute atomic E-state index is 0.487. The number of benzene rings is 2. The van der Waals surface area contributed by atoms with E-state index in [1.807, 2.05) is 13.1 Å². The molecule has 1 N–H and O–H groups in total. The Balaban J connectivity index is 1.25. The Morgan fingerprint density at radius 1 is 1.11 bits per heavy atom. The second-order valence-corrected chi connectivity index (χ2v) is 7.97. The van der Waals surface area contributed by atoms with Gasteiger partial charge in [-0.2, -0.15) is 0 Å². The quantitative estimate of drug-likeness (QED) is 0.671. The van der Waals surface area contributed by atoms with Gasteiger partial charge in [-0.15, -0.1) is 0 Å². The van der Waals surface area contributed by atoms with Crippen molar-refractivity contribution in [1.82, 2.24) is 10.2 Å². The number of ether oxygens (including phenoxy) is 2. The summed E-state index contributed by atoms with van der Waals surface area (Å²) in [7, 11) is 3.59. The van der Waals surface area contributed by atoms with Crippen molar-refractivity contribution in [1.29, 1.82) is 0 Å². The van der Waals surface area contributed by atoms with Crippen LogP contribution < -0.4 is 10.1 Å². The number of methoxy groups -OCH3 is 1. The summed E-state index contributed by atoms with van der Waals surface area (Å²) in [6, 6.07) is 12.8. The Morgan fingerprint density at radius 3 is 2.52 bits per heavy atom. The second kappa shape index (κ2) is 6.71. The average Bonchev–Trinajstić information content (AvgIpc) is 3.41. The van der Waals surface area contributed by atoms with E-state index in [9.17, 15) is 0 Å². The summed E-state index contributed by atoms with van der Waals surface area (Å²) in [5.74, 6) is 3.29. The molecule has 4 unspecified atom stereocenters. The summed E-state index contributed by atoms with van der Waals surface area (Å²) in [5, 5.41) is 6.00. The van der Waals surface area contributed by atoms with Gasteiger partial charge in [-0.1, -0.05) is 18.2 Å². The van der Waals surface area contributed by atoms with Crippen LogP contribution in [0, 0.1) is 11.8 Å². The maximum absolute atomic E-state index is 6.09. The molecule has 3 aliphatic rings. The summed E-state index contributed by atoms with van der Waals surface area (Å²) in [4.78, 5) is 6.97. The number of nitrogens with zero attached hydrogens (tertiary/aromatic N) is 2. The van der Waals surface area contributed by atoms with Crippen LogP contribution in [0.2, 0.25) is 0 Å². The first-order valence-corrected chi connectivity index (χ1v) is 9.93. The standard InChI is InChI=1S/C22H27N3O2/c1-23-22(25-12-18-19(13-25)21-8-7-20(18)27-21)24-11-14-3-4-16-10-17(26-2)6-5-15(16)9-14/h3-6,9-10,18-21H,7-8,11-13H2,1-2H3,(H,23,24). The van der Waals surface area contributed by atoms with E-state index in [1.54, 1.807) is 7.11 Å². The second-order valence-electron chi connectivity index (χ2n) is 7.97. The molecule has 5 rings (SSSR count). The van der Waals surface area contributed by atoms with Gasteiger partial charge in [-0.25, -0.2) is 0 Å². The Morgan fingerprint density at radius 2 is 1.81 bits per heavy atom. The lowest BCUT2D eigenvalue weighted by atomic mass is 9.82. The van der Waals surface area contributed by atoms with E-state index >= 15 is 0 Å². The van der Waals surface area contributed by atoms with Gasteiger partial charge in [-0.05, 0) is 47.4 Å². The lowest BCUT2D eigenvalue weighted by Crippen LogP contribution is -2.40. The number of hydrogen-bond donors (Lipinski definition) is 1. The zero-order valence-electron chi connectivity index (χ0n) is 16.0. The first-order chi connectivity index (χ1) is 13.2. The van der Waals surface area contributed by atoms with Crippen LogP contribution >= 0.6 is 0 Å². The number of hydrogen-bond acceptors (Lipinski definition) is 3. The Bertz CT molecular complexity index is 863. The first-order valence-electron chi connectivity index (χ1n) is 9.93. The van der Waals surface area contributed by atoms with Crippen LogP contribution in [0.25, 0.3) is 10.8 Å². The van der Waals surface area contributed by atoms with Crippen molar-refractivity contribution in [2.24, 2.45) is 16.8 Å². The van der Waals surface area contributed by atoms with E-state index in [2.05, 4.69) is 45.5 Å². The fourth-order valence-corrected chi connectivity index (χ4v) is 5.16. The molecule has 0 aromatic heterocycles. The van der Waals surface area contributed by atoms with Gasteiger partial charge in [0.15, 0.2) is 5.96 Å². The highest BCUT2D eigenvalue weighted by atomic mass is 16.5. The minimum Gasteiger partial charge on any atom is -0.497 e. The van der Waals surface area contributed by atoms with Gasteiger partial charge in [0.25, 0.3) is 0 Å². The predicted molar refractivity (Wildman–Crippen MR) is 107 cm³/mol.